The molecular formula is C15H10N4O3. The minimum Gasteiger partial charge on any atom is -0.407 e. The smallest absolute Gasteiger partial charge is 0.407 e. The van der Waals surface area contributed by atoms with Gasteiger partial charge in [0, 0.05) is 23.5 Å². The molecule has 0 atom stereocenters. The molecule has 2 N–H and O–H groups in total. The van der Waals surface area contributed by atoms with Gasteiger partial charge >= 0.3 is 5.76 Å². The summed E-state index contributed by atoms with van der Waals surface area (Å²) in [6, 6.07) is 8.00. The van der Waals surface area contributed by atoms with Gasteiger partial charge in [-0.15, -0.1) is 0 Å². The number of hydrogen-bond donors (Lipinski definition) is 1. The number of anilines is 1. The van der Waals surface area contributed by atoms with Crippen LogP contribution < -0.4 is 11.5 Å². The number of pyridine rings is 1. The van der Waals surface area contributed by atoms with Crippen LogP contribution in [0, 0.1) is 0 Å². The highest BCUT2D eigenvalue weighted by atomic mass is 16.4. The third-order valence-corrected chi connectivity index (χ3v) is 3.47. The Hall–Kier alpha value is -3.35. The molecule has 4 aromatic rings. The Balaban J connectivity index is 1.92. The van der Waals surface area contributed by atoms with Gasteiger partial charge in [0.25, 0.3) is 5.91 Å². The van der Waals surface area contributed by atoms with Crippen LogP contribution in [0.15, 0.2) is 58.3 Å². The maximum Gasteiger partial charge on any atom is 0.427 e. The number of nitrogens with zero attached hydrogens (tertiary/aromatic N) is 3. The van der Waals surface area contributed by atoms with Gasteiger partial charge in [0.1, 0.15) is 0 Å². The Bertz CT molecular complexity index is 1090. The van der Waals surface area contributed by atoms with Crippen LogP contribution in [0.25, 0.3) is 16.6 Å². The minimum absolute atomic E-state index is 0.281. The number of carbonyl (C=O) groups is 1. The van der Waals surface area contributed by atoms with Gasteiger partial charge in [-0.2, -0.15) is 0 Å². The number of nitrogens with two attached hydrogens (primary N) is 1. The number of nitrogen functional groups attached to an aromatic ring is 1. The lowest BCUT2D eigenvalue weighted by Crippen LogP contribution is -2.23. The van der Waals surface area contributed by atoms with Crippen molar-refractivity contribution >= 4 is 28.2 Å². The number of carbonyl (C=O) groups excluding carboxylic acids is 1. The number of imidazole rings is 1. The first kappa shape index (κ1) is 12.4. The second-order valence-electron chi connectivity index (χ2n) is 4.88. The van der Waals surface area contributed by atoms with E-state index >= 15 is 0 Å². The summed E-state index contributed by atoms with van der Waals surface area (Å²) < 4.78 is 7.85. The molecule has 7 nitrogen and oxygen atoms in total. The number of aromatic nitrogens is 3. The van der Waals surface area contributed by atoms with Crippen LogP contribution in [0.2, 0.25) is 0 Å². The summed E-state index contributed by atoms with van der Waals surface area (Å²) in [6.45, 7) is 0. The first-order valence-corrected chi connectivity index (χ1v) is 6.51. The van der Waals surface area contributed by atoms with Crippen molar-refractivity contribution in [2.24, 2.45) is 0 Å². The van der Waals surface area contributed by atoms with Crippen LogP contribution in [0.3, 0.4) is 0 Å². The molecule has 3 aromatic heterocycles. The Morgan fingerprint density at radius 1 is 1.23 bits per heavy atom. The summed E-state index contributed by atoms with van der Waals surface area (Å²) in [6.07, 6.45) is 4.97. The molecule has 4 rings (SSSR count). The molecule has 0 spiro atoms. The van der Waals surface area contributed by atoms with E-state index in [0.717, 1.165) is 10.1 Å². The lowest BCUT2D eigenvalue weighted by molar-refractivity contribution is 0.0956. The number of benzene rings is 1. The molecule has 7 heteroatoms. The molecule has 0 saturated heterocycles. The summed E-state index contributed by atoms with van der Waals surface area (Å²) in [4.78, 5) is 28.6. The predicted molar refractivity (Wildman–Crippen MR) is 79.8 cm³/mol. The molecule has 0 bridgehead atoms. The second kappa shape index (κ2) is 4.32. The average Bonchev–Trinajstić information content (AvgIpc) is 3.08. The first-order valence-electron chi connectivity index (χ1n) is 6.51. The van der Waals surface area contributed by atoms with Gasteiger partial charge < -0.3 is 14.6 Å². The van der Waals surface area contributed by atoms with Crippen molar-refractivity contribution in [1.82, 2.24) is 14.0 Å². The lowest BCUT2D eigenvalue weighted by atomic mass is 10.2. The first-order chi connectivity index (χ1) is 10.6. The molecule has 0 aliphatic rings. The molecule has 0 aliphatic heterocycles. The molecule has 108 valence electrons. The largest absolute Gasteiger partial charge is 0.427 e. The predicted octanol–water partition coefficient (Wildman–Crippen LogP) is 1.51. The van der Waals surface area contributed by atoms with Crippen molar-refractivity contribution in [3.05, 3.63) is 65.2 Å². The van der Waals surface area contributed by atoms with Gasteiger partial charge in [-0.3, -0.25) is 4.79 Å². The monoisotopic (exact) mass is 294 g/mol. The van der Waals surface area contributed by atoms with Crippen LogP contribution in [0.1, 0.15) is 10.4 Å². The maximum absolute atomic E-state index is 12.6. The Labute approximate surface area is 123 Å². The van der Waals surface area contributed by atoms with Crippen LogP contribution in [0.5, 0.6) is 0 Å². The van der Waals surface area contributed by atoms with Crippen molar-refractivity contribution in [3.63, 3.8) is 0 Å². The van der Waals surface area contributed by atoms with Crippen LogP contribution in [-0.2, 0) is 0 Å². The number of oxazole rings is 1. The van der Waals surface area contributed by atoms with Gasteiger partial charge in [0.2, 0.25) is 0 Å². The molecule has 0 unspecified atom stereocenters. The number of fused-ring (bicyclic) bond motifs is 2. The van der Waals surface area contributed by atoms with Gasteiger partial charge in [0.15, 0.2) is 5.58 Å². The van der Waals surface area contributed by atoms with Crippen molar-refractivity contribution in [2.45, 2.75) is 0 Å². The van der Waals surface area contributed by atoms with Crippen LogP contribution >= 0.6 is 0 Å². The van der Waals surface area contributed by atoms with E-state index in [9.17, 15) is 9.59 Å². The average molecular weight is 294 g/mol. The van der Waals surface area contributed by atoms with Gasteiger partial charge in [0.05, 0.1) is 23.6 Å². The van der Waals surface area contributed by atoms with E-state index in [0.29, 0.717) is 16.8 Å². The molecule has 0 aliphatic carbocycles. The van der Waals surface area contributed by atoms with E-state index in [1.807, 2.05) is 0 Å². The molecule has 0 saturated carbocycles. The SMILES string of the molecule is Nc1ccc2c(c1)oc(=O)n2C(=O)c1ccn2cncc2c1. The van der Waals surface area contributed by atoms with E-state index in [1.165, 1.54) is 6.07 Å². The van der Waals surface area contributed by atoms with Crippen molar-refractivity contribution in [1.29, 1.82) is 0 Å². The summed E-state index contributed by atoms with van der Waals surface area (Å²) in [5, 5.41) is 0. The van der Waals surface area contributed by atoms with Crippen molar-refractivity contribution < 1.29 is 9.21 Å². The van der Waals surface area contributed by atoms with E-state index in [1.54, 1.807) is 47.4 Å². The quantitative estimate of drug-likeness (QED) is 0.537. The van der Waals surface area contributed by atoms with E-state index in [4.69, 9.17) is 10.2 Å². The fraction of sp³-hybridized carbons (Fsp3) is 0. The second-order valence-corrected chi connectivity index (χ2v) is 4.88. The Morgan fingerprint density at radius 3 is 2.95 bits per heavy atom. The Morgan fingerprint density at radius 2 is 2.09 bits per heavy atom. The van der Waals surface area contributed by atoms with E-state index in [2.05, 4.69) is 4.98 Å². The van der Waals surface area contributed by atoms with E-state index < -0.39 is 11.7 Å². The number of rotatable bonds is 1. The summed E-state index contributed by atoms with van der Waals surface area (Å²) in [5.41, 5.74) is 7.91. The van der Waals surface area contributed by atoms with Gasteiger partial charge in [-0.25, -0.2) is 14.3 Å². The van der Waals surface area contributed by atoms with Gasteiger partial charge in [-0.05, 0) is 24.3 Å². The topological polar surface area (TPSA) is 95.5 Å². The highest BCUT2D eigenvalue weighted by molar-refractivity contribution is 6.01. The fourth-order valence-corrected chi connectivity index (χ4v) is 2.41. The summed E-state index contributed by atoms with van der Waals surface area (Å²) in [5.74, 6) is -1.20. The fourth-order valence-electron chi connectivity index (χ4n) is 2.41. The standard InChI is InChI=1S/C15H10N4O3/c16-10-1-2-12-13(6-10)22-15(21)19(12)14(20)9-3-4-18-8-17-7-11(18)5-9/h1-8H,16H2. The summed E-state index contributed by atoms with van der Waals surface area (Å²) >= 11 is 0. The third kappa shape index (κ3) is 1.72. The zero-order valence-electron chi connectivity index (χ0n) is 11.3. The minimum atomic E-state index is -0.737. The van der Waals surface area contributed by atoms with E-state index in [-0.39, 0.29) is 5.58 Å². The highest BCUT2D eigenvalue weighted by Crippen LogP contribution is 2.18. The lowest BCUT2D eigenvalue weighted by Gasteiger charge is -2.02. The molecule has 22 heavy (non-hydrogen) atoms. The molecule has 0 radical (unpaired) electrons. The Kier molecular flexibility index (Phi) is 2.43. The van der Waals surface area contributed by atoms with Gasteiger partial charge in [-0.1, -0.05) is 0 Å². The maximum atomic E-state index is 12.6. The summed E-state index contributed by atoms with van der Waals surface area (Å²) in [7, 11) is 0. The number of hydrogen-bond acceptors (Lipinski definition) is 5. The molecular weight excluding hydrogens is 284 g/mol. The van der Waals surface area contributed by atoms with Crippen LogP contribution in [0.4, 0.5) is 5.69 Å². The third-order valence-electron chi connectivity index (χ3n) is 3.47. The highest BCUT2D eigenvalue weighted by Gasteiger charge is 2.18. The zero-order chi connectivity index (χ0) is 15.3. The molecule has 1 aromatic carbocycles. The van der Waals surface area contributed by atoms with Crippen molar-refractivity contribution in [2.75, 3.05) is 5.73 Å². The van der Waals surface area contributed by atoms with Crippen molar-refractivity contribution in [3.8, 4) is 0 Å². The molecule has 0 fully saturated rings. The normalized spacial score (nSPS) is 11.3. The molecule has 3 heterocycles. The zero-order valence-corrected chi connectivity index (χ0v) is 11.3. The van der Waals surface area contributed by atoms with Crippen LogP contribution in [-0.4, -0.2) is 19.9 Å². The molecule has 0 amide bonds.